The molecule has 0 spiro atoms. The summed E-state index contributed by atoms with van der Waals surface area (Å²) in [6.07, 6.45) is 3.11. The molecule has 2 rings (SSSR count). The van der Waals surface area contributed by atoms with Gasteiger partial charge >= 0.3 is 0 Å². The number of carbonyl (C=O) groups excluding carboxylic acids is 1. The monoisotopic (exact) mass is 344 g/mol. The van der Waals surface area contributed by atoms with Gasteiger partial charge in [0.25, 0.3) is 5.91 Å². The summed E-state index contributed by atoms with van der Waals surface area (Å²) in [6.45, 7) is 0.591. The van der Waals surface area contributed by atoms with Crippen LogP contribution in [0.2, 0.25) is 0 Å². The minimum absolute atomic E-state index is 0. The third kappa shape index (κ3) is 4.20. The summed E-state index contributed by atoms with van der Waals surface area (Å²) < 4.78 is 15.8. The lowest BCUT2D eigenvalue weighted by Crippen LogP contribution is -2.40. The zero-order valence-corrected chi connectivity index (χ0v) is 14.6. The number of nitrogens with two attached hydrogens (primary N) is 1. The Bertz CT molecular complexity index is 539. The van der Waals surface area contributed by atoms with Gasteiger partial charge in [-0.05, 0) is 25.3 Å². The topological polar surface area (TPSA) is 82.8 Å². The molecule has 23 heavy (non-hydrogen) atoms. The quantitative estimate of drug-likeness (QED) is 0.824. The van der Waals surface area contributed by atoms with E-state index in [0.29, 0.717) is 35.3 Å². The fourth-order valence-corrected chi connectivity index (χ4v) is 2.96. The van der Waals surface area contributed by atoms with E-state index in [4.69, 9.17) is 19.9 Å². The van der Waals surface area contributed by atoms with Gasteiger partial charge in [-0.1, -0.05) is 6.42 Å². The lowest BCUT2D eigenvalue weighted by Gasteiger charge is -2.20. The molecule has 0 aliphatic heterocycles. The SMILES string of the molecule is COc1cc(OC)c(C(=O)NC2CCCC2CN)cc1OC.Cl. The van der Waals surface area contributed by atoms with Gasteiger partial charge in [-0.15, -0.1) is 12.4 Å². The van der Waals surface area contributed by atoms with Gasteiger partial charge < -0.3 is 25.3 Å². The first-order valence-electron chi connectivity index (χ1n) is 7.45. The summed E-state index contributed by atoms with van der Waals surface area (Å²) in [7, 11) is 4.60. The van der Waals surface area contributed by atoms with Gasteiger partial charge in [0.05, 0.1) is 26.9 Å². The molecule has 0 saturated heterocycles. The van der Waals surface area contributed by atoms with Gasteiger partial charge in [0.2, 0.25) is 0 Å². The minimum Gasteiger partial charge on any atom is -0.496 e. The van der Waals surface area contributed by atoms with Crippen LogP contribution in [0.1, 0.15) is 29.6 Å². The van der Waals surface area contributed by atoms with Crippen LogP contribution >= 0.6 is 12.4 Å². The summed E-state index contributed by atoms with van der Waals surface area (Å²) in [5.41, 5.74) is 6.20. The maximum Gasteiger partial charge on any atom is 0.255 e. The normalized spacial score (nSPS) is 19.7. The number of benzene rings is 1. The number of carbonyl (C=O) groups is 1. The van der Waals surface area contributed by atoms with Crippen molar-refractivity contribution in [2.75, 3.05) is 27.9 Å². The smallest absolute Gasteiger partial charge is 0.255 e. The zero-order chi connectivity index (χ0) is 16.1. The van der Waals surface area contributed by atoms with Crippen molar-refractivity contribution in [2.45, 2.75) is 25.3 Å². The van der Waals surface area contributed by atoms with Gasteiger partial charge in [0, 0.05) is 18.2 Å². The van der Waals surface area contributed by atoms with Crippen molar-refractivity contribution in [1.82, 2.24) is 5.32 Å². The Morgan fingerprint density at radius 3 is 2.30 bits per heavy atom. The molecule has 130 valence electrons. The number of methoxy groups -OCH3 is 3. The number of amides is 1. The van der Waals surface area contributed by atoms with E-state index < -0.39 is 0 Å². The molecule has 0 aromatic heterocycles. The van der Waals surface area contributed by atoms with Crippen LogP contribution in [0, 0.1) is 5.92 Å². The molecule has 1 amide bonds. The molecule has 1 aromatic carbocycles. The maximum atomic E-state index is 12.6. The Labute approximate surface area is 143 Å². The van der Waals surface area contributed by atoms with Crippen molar-refractivity contribution >= 4 is 18.3 Å². The first-order valence-corrected chi connectivity index (χ1v) is 7.45. The lowest BCUT2D eigenvalue weighted by atomic mass is 10.0. The fraction of sp³-hybridized carbons (Fsp3) is 0.562. The first-order chi connectivity index (χ1) is 10.6. The first kappa shape index (κ1) is 19.4. The Hall–Kier alpha value is -1.66. The summed E-state index contributed by atoms with van der Waals surface area (Å²) in [5, 5.41) is 3.06. The molecule has 3 N–H and O–H groups in total. The molecule has 7 heteroatoms. The van der Waals surface area contributed by atoms with Crippen LogP contribution in [0.5, 0.6) is 17.2 Å². The van der Waals surface area contributed by atoms with Gasteiger partial charge in [0.1, 0.15) is 5.75 Å². The number of hydrogen-bond acceptors (Lipinski definition) is 5. The van der Waals surface area contributed by atoms with Crippen LogP contribution in [0.4, 0.5) is 0 Å². The van der Waals surface area contributed by atoms with Gasteiger partial charge in [-0.2, -0.15) is 0 Å². The average molecular weight is 345 g/mol. The molecule has 1 aliphatic carbocycles. The highest BCUT2D eigenvalue weighted by molar-refractivity contribution is 5.98. The van der Waals surface area contributed by atoms with Crippen LogP contribution in [0.3, 0.4) is 0 Å². The molecule has 0 heterocycles. The molecule has 0 radical (unpaired) electrons. The summed E-state index contributed by atoms with van der Waals surface area (Å²) >= 11 is 0. The summed E-state index contributed by atoms with van der Waals surface area (Å²) in [5.74, 6) is 1.64. The lowest BCUT2D eigenvalue weighted by molar-refractivity contribution is 0.0925. The molecular weight excluding hydrogens is 320 g/mol. The van der Waals surface area contributed by atoms with Crippen LogP contribution in [0.25, 0.3) is 0 Å². The van der Waals surface area contributed by atoms with E-state index >= 15 is 0 Å². The molecule has 1 aromatic rings. The fourth-order valence-electron chi connectivity index (χ4n) is 2.96. The summed E-state index contributed by atoms with van der Waals surface area (Å²) in [4.78, 5) is 12.6. The van der Waals surface area contributed by atoms with Crippen LogP contribution in [-0.4, -0.2) is 39.8 Å². The number of nitrogens with one attached hydrogen (secondary N) is 1. The third-order valence-corrected chi connectivity index (χ3v) is 4.23. The molecule has 6 nitrogen and oxygen atoms in total. The van der Waals surface area contributed by atoms with E-state index in [9.17, 15) is 4.79 Å². The highest BCUT2D eigenvalue weighted by Crippen LogP contribution is 2.35. The zero-order valence-electron chi connectivity index (χ0n) is 13.8. The van der Waals surface area contributed by atoms with Crippen molar-refractivity contribution in [2.24, 2.45) is 11.7 Å². The molecular formula is C16H25ClN2O4. The second kappa shape index (κ2) is 8.84. The van der Waals surface area contributed by atoms with E-state index in [-0.39, 0.29) is 24.4 Å². The largest absolute Gasteiger partial charge is 0.496 e. The number of halogens is 1. The van der Waals surface area contributed by atoms with Crippen molar-refractivity contribution in [1.29, 1.82) is 0 Å². The predicted octanol–water partition coefficient (Wildman–Crippen LogP) is 1.99. The van der Waals surface area contributed by atoms with Crippen molar-refractivity contribution < 1.29 is 19.0 Å². The standard InChI is InChI=1S/C16H24N2O4.ClH/c1-20-13-8-15(22-3)14(21-2)7-11(13)16(19)18-12-6-4-5-10(12)9-17;/h7-8,10,12H,4-6,9,17H2,1-3H3,(H,18,19);1H. The van der Waals surface area contributed by atoms with Crippen LogP contribution in [0.15, 0.2) is 12.1 Å². The van der Waals surface area contributed by atoms with Crippen molar-refractivity contribution in [3.63, 3.8) is 0 Å². The second-order valence-corrected chi connectivity index (χ2v) is 5.41. The maximum absolute atomic E-state index is 12.6. The Kier molecular flexibility index (Phi) is 7.45. The average Bonchev–Trinajstić information content (AvgIpc) is 3.00. The van der Waals surface area contributed by atoms with Gasteiger partial charge in [-0.25, -0.2) is 0 Å². The van der Waals surface area contributed by atoms with E-state index in [1.807, 2.05) is 0 Å². The minimum atomic E-state index is -0.178. The number of ether oxygens (including phenoxy) is 3. The van der Waals surface area contributed by atoms with Crippen molar-refractivity contribution in [3.05, 3.63) is 17.7 Å². The Morgan fingerprint density at radius 2 is 1.74 bits per heavy atom. The van der Waals surface area contributed by atoms with Gasteiger partial charge in [0.15, 0.2) is 11.5 Å². The van der Waals surface area contributed by atoms with E-state index in [0.717, 1.165) is 19.3 Å². The third-order valence-electron chi connectivity index (χ3n) is 4.23. The predicted molar refractivity (Wildman–Crippen MR) is 91.0 cm³/mol. The molecule has 2 atom stereocenters. The Morgan fingerprint density at radius 1 is 1.13 bits per heavy atom. The van der Waals surface area contributed by atoms with E-state index in [2.05, 4.69) is 5.32 Å². The molecule has 2 unspecified atom stereocenters. The molecule has 1 aliphatic rings. The number of hydrogen-bond donors (Lipinski definition) is 2. The molecule has 1 fully saturated rings. The van der Waals surface area contributed by atoms with E-state index in [1.165, 1.54) is 14.2 Å². The number of rotatable bonds is 6. The highest BCUT2D eigenvalue weighted by atomic mass is 35.5. The van der Waals surface area contributed by atoms with E-state index in [1.54, 1.807) is 19.2 Å². The highest BCUT2D eigenvalue weighted by Gasteiger charge is 2.28. The van der Waals surface area contributed by atoms with Crippen molar-refractivity contribution in [3.8, 4) is 17.2 Å². The van der Waals surface area contributed by atoms with Crippen LogP contribution in [-0.2, 0) is 0 Å². The van der Waals surface area contributed by atoms with Gasteiger partial charge in [-0.3, -0.25) is 4.79 Å². The summed E-state index contributed by atoms with van der Waals surface area (Å²) in [6, 6.07) is 3.41. The Balaban J connectivity index is 0.00000264. The molecule has 1 saturated carbocycles. The van der Waals surface area contributed by atoms with Crippen LogP contribution < -0.4 is 25.3 Å². The molecule has 0 bridgehead atoms. The second-order valence-electron chi connectivity index (χ2n) is 5.41.